The molecule has 1 aromatic heterocycles. The molecule has 1 heterocycles. The molecule has 100 valence electrons. The number of aryl methyl sites for hydroxylation is 3. The lowest BCUT2D eigenvalue weighted by atomic mass is 10.1. The van der Waals surface area contributed by atoms with Gasteiger partial charge in [0.15, 0.2) is 0 Å². The first-order valence-electron chi connectivity index (χ1n) is 6.44. The van der Waals surface area contributed by atoms with Crippen LogP contribution in [0, 0.1) is 19.7 Å². The number of aromatic nitrogens is 2. The summed E-state index contributed by atoms with van der Waals surface area (Å²) in [4.78, 5) is 8.54. The van der Waals surface area contributed by atoms with Gasteiger partial charge in [0.05, 0.1) is 0 Å². The van der Waals surface area contributed by atoms with Crippen molar-refractivity contribution in [2.45, 2.75) is 26.7 Å². The van der Waals surface area contributed by atoms with Gasteiger partial charge in [-0.15, -0.1) is 0 Å². The topological polar surface area (TPSA) is 37.8 Å². The van der Waals surface area contributed by atoms with E-state index < -0.39 is 0 Å². The zero-order valence-electron chi connectivity index (χ0n) is 11.3. The first-order chi connectivity index (χ1) is 9.13. The number of hydrogen-bond acceptors (Lipinski definition) is 3. The molecule has 0 fully saturated rings. The second kappa shape index (κ2) is 6.27. The number of hydrogen-bond donors (Lipinski definition) is 1. The summed E-state index contributed by atoms with van der Waals surface area (Å²) in [6.07, 6.45) is 1.79. The van der Waals surface area contributed by atoms with Crippen LogP contribution in [-0.2, 0) is 6.42 Å². The van der Waals surface area contributed by atoms with Gasteiger partial charge >= 0.3 is 0 Å². The predicted molar refractivity (Wildman–Crippen MR) is 74.7 cm³/mol. The molecule has 0 saturated carbocycles. The van der Waals surface area contributed by atoms with Crippen LogP contribution >= 0.6 is 0 Å². The predicted octanol–water partition coefficient (Wildman–Crippen LogP) is 3.28. The van der Waals surface area contributed by atoms with Crippen molar-refractivity contribution in [2.24, 2.45) is 0 Å². The smallest absolute Gasteiger partial charge is 0.129 e. The van der Waals surface area contributed by atoms with Crippen LogP contribution in [0.5, 0.6) is 0 Å². The highest BCUT2D eigenvalue weighted by molar-refractivity contribution is 5.35. The van der Waals surface area contributed by atoms with E-state index in [-0.39, 0.29) is 5.82 Å². The SMILES string of the molecule is Cc1cc(NCCCc2cccc(F)c2)nc(C)n1. The Morgan fingerprint density at radius 1 is 1.16 bits per heavy atom. The van der Waals surface area contributed by atoms with Crippen molar-refractivity contribution in [1.82, 2.24) is 9.97 Å². The number of nitrogens with one attached hydrogen (secondary N) is 1. The molecule has 2 aromatic rings. The normalized spacial score (nSPS) is 10.5. The van der Waals surface area contributed by atoms with E-state index in [2.05, 4.69) is 15.3 Å². The largest absolute Gasteiger partial charge is 0.370 e. The molecule has 0 unspecified atom stereocenters. The van der Waals surface area contributed by atoms with Gasteiger partial charge in [0.1, 0.15) is 17.5 Å². The highest BCUT2D eigenvalue weighted by Crippen LogP contribution is 2.08. The maximum atomic E-state index is 13.0. The maximum Gasteiger partial charge on any atom is 0.129 e. The van der Waals surface area contributed by atoms with Gasteiger partial charge in [-0.05, 0) is 44.4 Å². The lowest BCUT2D eigenvalue weighted by Crippen LogP contribution is -2.06. The summed E-state index contributed by atoms with van der Waals surface area (Å²) in [5, 5.41) is 3.27. The third kappa shape index (κ3) is 4.32. The van der Waals surface area contributed by atoms with Crippen LogP contribution < -0.4 is 5.32 Å². The van der Waals surface area contributed by atoms with Crippen LogP contribution in [0.4, 0.5) is 10.2 Å². The molecule has 0 amide bonds. The van der Waals surface area contributed by atoms with E-state index in [1.165, 1.54) is 6.07 Å². The minimum Gasteiger partial charge on any atom is -0.370 e. The number of nitrogens with zero attached hydrogens (tertiary/aromatic N) is 2. The van der Waals surface area contributed by atoms with Crippen molar-refractivity contribution in [1.29, 1.82) is 0 Å². The number of benzene rings is 1. The van der Waals surface area contributed by atoms with Gasteiger partial charge in [-0.25, -0.2) is 14.4 Å². The van der Waals surface area contributed by atoms with Crippen molar-refractivity contribution < 1.29 is 4.39 Å². The zero-order chi connectivity index (χ0) is 13.7. The van der Waals surface area contributed by atoms with Gasteiger partial charge in [0.2, 0.25) is 0 Å². The molecule has 19 heavy (non-hydrogen) atoms. The first-order valence-corrected chi connectivity index (χ1v) is 6.44. The average Bonchev–Trinajstić information content (AvgIpc) is 2.34. The fourth-order valence-corrected chi connectivity index (χ4v) is 2.01. The molecule has 0 aliphatic heterocycles. The molecule has 2 rings (SSSR count). The van der Waals surface area contributed by atoms with Gasteiger partial charge in [-0.3, -0.25) is 0 Å². The molecule has 1 N–H and O–H groups in total. The van der Waals surface area contributed by atoms with Gasteiger partial charge in [0, 0.05) is 18.3 Å². The van der Waals surface area contributed by atoms with Gasteiger partial charge in [-0.1, -0.05) is 12.1 Å². The average molecular weight is 259 g/mol. The van der Waals surface area contributed by atoms with Crippen molar-refractivity contribution in [2.75, 3.05) is 11.9 Å². The summed E-state index contributed by atoms with van der Waals surface area (Å²) in [6, 6.07) is 8.67. The van der Waals surface area contributed by atoms with Gasteiger partial charge in [-0.2, -0.15) is 0 Å². The summed E-state index contributed by atoms with van der Waals surface area (Å²) in [5.41, 5.74) is 1.98. The third-order valence-corrected chi connectivity index (χ3v) is 2.80. The first kappa shape index (κ1) is 13.5. The number of anilines is 1. The lowest BCUT2D eigenvalue weighted by molar-refractivity contribution is 0.624. The molecule has 0 saturated heterocycles. The molecule has 3 nitrogen and oxygen atoms in total. The van der Waals surface area contributed by atoms with Crippen molar-refractivity contribution in [3.05, 3.63) is 53.2 Å². The van der Waals surface area contributed by atoms with Gasteiger partial charge < -0.3 is 5.32 Å². The Hall–Kier alpha value is -1.97. The van der Waals surface area contributed by atoms with E-state index in [4.69, 9.17) is 0 Å². The number of rotatable bonds is 5. The molecule has 1 aromatic carbocycles. The van der Waals surface area contributed by atoms with E-state index in [1.54, 1.807) is 12.1 Å². The fourth-order valence-electron chi connectivity index (χ4n) is 2.01. The summed E-state index contributed by atoms with van der Waals surface area (Å²) >= 11 is 0. The molecular weight excluding hydrogens is 241 g/mol. The van der Waals surface area contributed by atoms with Crippen LogP contribution in [0.15, 0.2) is 30.3 Å². The van der Waals surface area contributed by atoms with Gasteiger partial charge in [0.25, 0.3) is 0 Å². The Bertz CT molecular complexity index is 535. The van der Waals surface area contributed by atoms with E-state index in [0.717, 1.165) is 42.3 Å². The lowest BCUT2D eigenvalue weighted by Gasteiger charge is -2.07. The molecular formula is C15H18FN3. The Morgan fingerprint density at radius 2 is 2.00 bits per heavy atom. The van der Waals surface area contributed by atoms with E-state index in [1.807, 2.05) is 26.0 Å². The Labute approximate surface area is 112 Å². The second-order valence-electron chi connectivity index (χ2n) is 4.60. The van der Waals surface area contributed by atoms with Crippen molar-refractivity contribution in [3.63, 3.8) is 0 Å². The molecule has 0 atom stereocenters. The molecule has 0 radical (unpaired) electrons. The van der Waals surface area contributed by atoms with Crippen molar-refractivity contribution >= 4 is 5.82 Å². The fraction of sp³-hybridized carbons (Fsp3) is 0.333. The molecule has 0 spiro atoms. The maximum absolute atomic E-state index is 13.0. The minimum atomic E-state index is -0.174. The van der Waals surface area contributed by atoms with E-state index in [0.29, 0.717) is 0 Å². The summed E-state index contributed by atoms with van der Waals surface area (Å²) in [5.74, 6) is 1.45. The molecule has 0 bridgehead atoms. The standard InChI is InChI=1S/C15H18FN3/c1-11-9-15(19-12(2)18-11)17-8-4-6-13-5-3-7-14(16)10-13/h3,5,7,9-10H,4,6,8H2,1-2H3,(H,17,18,19). The molecule has 4 heteroatoms. The van der Waals surface area contributed by atoms with Crippen LogP contribution in [0.3, 0.4) is 0 Å². The molecule has 0 aliphatic rings. The van der Waals surface area contributed by atoms with Crippen LogP contribution in [0.25, 0.3) is 0 Å². The monoisotopic (exact) mass is 259 g/mol. The molecule has 0 aliphatic carbocycles. The summed E-state index contributed by atoms with van der Waals surface area (Å²) < 4.78 is 13.0. The summed E-state index contributed by atoms with van der Waals surface area (Å²) in [6.45, 7) is 4.64. The Kier molecular flexibility index (Phi) is 4.44. The van der Waals surface area contributed by atoms with Crippen molar-refractivity contribution in [3.8, 4) is 0 Å². The highest BCUT2D eigenvalue weighted by Gasteiger charge is 1.99. The Balaban J connectivity index is 1.80. The van der Waals surface area contributed by atoms with E-state index >= 15 is 0 Å². The number of halogens is 1. The highest BCUT2D eigenvalue weighted by atomic mass is 19.1. The second-order valence-corrected chi connectivity index (χ2v) is 4.60. The van der Waals surface area contributed by atoms with Crippen LogP contribution in [0.1, 0.15) is 23.5 Å². The third-order valence-electron chi connectivity index (χ3n) is 2.80. The van der Waals surface area contributed by atoms with Crippen LogP contribution in [0.2, 0.25) is 0 Å². The minimum absolute atomic E-state index is 0.174. The quantitative estimate of drug-likeness (QED) is 0.837. The summed E-state index contributed by atoms with van der Waals surface area (Å²) in [7, 11) is 0. The zero-order valence-corrected chi connectivity index (χ0v) is 11.3. The Morgan fingerprint density at radius 3 is 2.74 bits per heavy atom. The van der Waals surface area contributed by atoms with E-state index in [9.17, 15) is 4.39 Å². The van der Waals surface area contributed by atoms with Crippen LogP contribution in [-0.4, -0.2) is 16.5 Å².